The number of benzene rings is 3. The number of aromatic amines is 1. The van der Waals surface area contributed by atoms with E-state index in [9.17, 15) is 24.0 Å². The van der Waals surface area contributed by atoms with E-state index in [0.29, 0.717) is 22.5 Å². The maximum Gasteiger partial charge on any atom is 0.340 e. The fraction of sp³-hybridized carbons (Fsp3) is 0.415. The van der Waals surface area contributed by atoms with E-state index in [1.165, 1.54) is 14.2 Å². The number of anilines is 4. The predicted octanol–water partition coefficient (Wildman–Crippen LogP) is 8.94. The third-order valence-electron chi connectivity index (χ3n) is 7.03. The number of nitrogens with two attached hydrogens (primary N) is 3. The molecule has 15 heteroatoms. The molecule has 0 aliphatic rings. The van der Waals surface area contributed by atoms with Crippen LogP contribution in [0.3, 0.4) is 0 Å². The number of ether oxygens (including phenoxy) is 2. The van der Waals surface area contributed by atoms with E-state index < -0.39 is 23.3 Å². The number of amides is 1. The van der Waals surface area contributed by atoms with Crippen LogP contribution >= 0.6 is 11.6 Å². The summed E-state index contributed by atoms with van der Waals surface area (Å²) in [5.41, 5.74) is 19.2. The van der Waals surface area contributed by atoms with Crippen molar-refractivity contribution in [3.05, 3.63) is 77.1 Å². The van der Waals surface area contributed by atoms with Gasteiger partial charge in [-0.15, -0.1) is 0 Å². The summed E-state index contributed by atoms with van der Waals surface area (Å²) in [4.78, 5) is 63.1. The molecule has 56 heavy (non-hydrogen) atoms. The molecule has 9 N–H and O–H groups in total. The smallest absolute Gasteiger partial charge is 0.340 e. The van der Waals surface area contributed by atoms with Crippen LogP contribution < -0.4 is 22.5 Å². The Balaban J connectivity index is -0.000000686. The number of H-pyrrole nitrogens is 1. The van der Waals surface area contributed by atoms with Gasteiger partial charge in [0.25, 0.3) is 0 Å². The van der Waals surface area contributed by atoms with Crippen molar-refractivity contribution in [1.82, 2.24) is 9.97 Å². The van der Waals surface area contributed by atoms with Gasteiger partial charge in [-0.25, -0.2) is 19.4 Å². The number of methoxy groups -OCH3 is 2. The Morgan fingerprint density at radius 2 is 1.12 bits per heavy atom. The summed E-state index contributed by atoms with van der Waals surface area (Å²) in [6.07, 6.45) is 0. The first-order valence-electron chi connectivity index (χ1n) is 16.2. The second-order valence-electron chi connectivity index (χ2n) is 14.6. The van der Waals surface area contributed by atoms with E-state index in [4.69, 9.17) is 33.9 Å². The second-order valence-corrected chi connectivity index (χ2v) is 15.0. The Morgan fingerprint density at radius 1 is 0.696 bits per heavy atom. The van der Waals surface area contributed by atoms with Crippen LogP contribution in [0.2, 0.25) is 0 Å². The number of imidazole rings is 1. The first-order chi connectivity index (χ1) is 24.3. The van der Waals surface area contributed by atoms with Gasteiger partial charge in [-0.3, -0.25) is 9.59 Å². The molecule has 0 spiro atoms. The third kappa shape index (κ3) is 16.0. The van der Waals surface area contributed by atoms with Gasteiger partial charge in [0.2, 0.25) is 11.1 Å². The van der Waals surface area contributed by atoms with Gasteiger partial charge in [-0.05, 0) is 48.0 Å². The summed E-state index contributed by atoms with van der Waals surface area (Å²) in [7, 11) is 2.58. The SMILES string of the molecule is C.C.C.CC(C)(C)C(=O)Cl.CC(C)(C)c1nc2c(C(=O)O)cccc2[nH]1.COC(=O)c1cccc(N)c1N.COC(=O)c1cccc(NC(=O)C(C)(C)C)c1N. The largest absolute Gasteiger partial charge is 0.478 e. The minimum atomic E-state index is -0.947. The summed E-state index contributed by atoms with van der Waals surface area (Å²) in [6, 6.07) is 14.8. The number of nitrogen functional groups attached to an aromatic ring is 3. The number of carbonyl (C=O) groups is 5. The van der Waals surface area contributed by atoms with Crippen LogP contribution in [0.4, 0.5) is 22.7 Å². The molecule has 0 radical (unpaired) electrons. The maximum atomic E-state index is 11.9. The molecule has 0 saturated carbocycles. The Hall–Kier alpha value is -5.63. The van der Waals surface area contributed by atoms with Crippen LogP contribution in [-0.4, -0.2) is 58.4 Å². The number of nitrogens with zero attached hydrogens (tertiary/aromatic N) is 1. The van der Waals surface area contributed by atoms with Crippen molar-refractivity contribution in [1.29, 1.82) is 0 Å². The normalized spacial score (nSPS) is 10.4. The topological polar surface area (TPSA) is 243 Å². The summed E-state index contributed by atoms with van der Waals surface area (Å²) in [5.74, 6) is -1.32. The van der Waals surface area contributed by atoms with Crippen molar-refractivity contribution in [2.75, 3.05) is 36.7 Å². The number of aromatic nitrogens is 2. The first-order valence-corrected chi connectivity index (χ1v) is 16.6. The second kappa shape index (κ2) is 22.7. The Bertz CT molecular complexity index is 1940. The molecule has 0 fully saturated rings. The predicted molar refractivity (Wildman–Crippen MR) is 229 cm³/mol. The number of fused-ring (bicyclic) bond motifs is 1. The molecule has 4 rings (SSSR count). The van der Waals surface area contributed by atoms with Crippen LogP contribution in [-0.2, 0) is 24.5 Å². The molecule has 0 atom stereocenters. The van der Waals surface area contributed by atoms with Crippen molar-refractivity contribution in [2.24, 2.45) is 10.8 Å². The summed E-state index contributed by atoms with van der Waals surface area (Å²) in [6.45, 7) is 16.8. The quantitative estimate of drug-likeness (QED) is 0.0643. The van der Waals surface area contributed by atoms with Gasteiger partial charge in [-0.2, -0.15) is 0 Å². The number of rotatable bonds is 4. The van der Waals surface area contributed by atoms with Crippen LogP contribution in [0.25, 0.3) is 11.0 Å². The zero-order chi connectivity index (χ0) is 41.1. The lowest BCUT2D eigenvalue weighted by Gasteiger charge is -2.19. The summed E-state index contributed by atoms with van der Waals surface area (Å²) >= 11 is 5.11. The van der Waals surface area contributed by atoms with E-state index in [-0.39, 0.29) is 66.8 Å². The lowest BCUT2D eigenvalue weighted by molar-refractivity contribution is -0.123. The molecule has 4 aromatic rings. The Labute approximate surface area is 336 Å². The first kappa shape index (κ1) is 54.7. The van der Waals surface area contributed by atoms with Gasteiger partial charge >= 0.3 is 17.9 Å². The number of hydrogen-bond acceptors (Lipinski definition) is 11. The highest BCUT2D eigenvalue weighted by atomic mass is 35.5. The molecule has 0 aliphatic carbocycles. The van der Waals surface area contributed by atoms with Crippen LogP contribution in [0, 0.1) is 10.8 Å². The molecule has 1 amide bonds. The molecule has 312 valence electrons. The molecule has 0 aliphatic heterocycles. The van der Waals surface area contributed by atoms with Crippen molar-refractivity contribution in [2.45, 2.75) is 90.0 Å². The molecule has 3 aromatic carbocycles. The highest BCUT2D eigenvalue weighted by Gasteiger charge is 2.23. The molecule has 0 unspecified atom stereocenters. The molecule has 1 heterocycles. The van der Waals surface area contributed by atoms with E-state index in [0.717, 1.165) is 11.3 Å². The fourth-order valence-electron chi connectivity index (χ4n) is 3.70. The van der Waals surface area contributed by atoms with Gasteiger partial charge < -0.3 is 42.1 Å². The van der Waals surface area contributed by atoms with Crippen molar-refractivity contribution in [3.63, 3.8) is 0 Å². The number of carbonyl (C=O) groups excluding carboxylic acids is 4. The summed E-state index contributed by atoms with van der Waals surface area (Å²) in [5, 5.41) is 11.5. The molecule has 14 nitrogen and oxygen atoms in total. The standard InChI is InChI=1S/C13H18N2O3.C12H14N2O2.C8H10N2O2.C5H9ClO.3CH4/c1-13(2,3)12(17)15-9-7-5-6-8(10(9)14)11(16)18-4;1-12(2,3)11-13-8-6-4-5-7(10(15)16)9(8)14-11;1-12-8(11)5-3-2-4-6(9)7(5)10;1-5(2,3)4(6)7;;;/h5-7H,14H2,1-4H3,(H,15,17);4-6H,1-3H3,(H,13,14)(H,15,16);2-4H,9-10H2,1H3;1-3H3;3*1H4. The molecular formula is C41H63ClN6O8. The number of halogens is 1. The molecule has 1 aromatic heterocycles. The molecular weight excluding hydrogens is 740 g/mol. The highest BCUT2D eigenvalue weighted by molar-refractivity contribution is 6.64. The zero-order valence-corrected chi connectivity index (χ0v) is 32.8. The number of carboxylic acid groups (broad SMARTS) is 1. The van der Waals surface area contributed by atoms with E-state index in [1.54, 1.807) is 90.1 Å². The van der Waals surface area contributed by atoms with Crippen LogP contribution in [0.5, 0.6) is 0 Å². The Morgan fingerprint density at radius 3 is 1.54 bits per heavy atom. The van der Waals surface area contributed by atoms with Gasteiger partial charge in [0, 0.05) is 16.2 Å². The van der Waals surface area contributed by atoms with Gasteiger partial charge in [0.15, 0.2) is 0 Å². The molecule has 0 bridgehead atoms. The highest BCUT2D eigenvalue weighted by Crippen LogP contribution is 2.27. The number of aromatic carboxylic acids is 1. The fourth-order valence-corrected chi connectivity index (χ4v) is 3.70. The Kier molecular flexibility index (Phi) is 22.2. The van der Waals surface area contributed by atoms with Crippen molar-refractivity contribution < 1.29 is 38.6 Å². The summed E-state index contributed by atoms with van der Waals surface area (Å²) < 4.78 is 9.11. The zero-order valence-electron chi connectivity index (χ0n) is 32.1. The van der Waals surface area contributed by atoms with E-state index in [2.05, 4.69) is 24.8 Å². The van der Waals surface area contributed by atoms with E-state index in [1.807, 2.05) is 26.8 Å². The van der Waals surface area contributed by atoms with Gasteiger partial charge in [0.05, 0.1) is 59.2 Å². The van der Waals surface area contributed by atoms with Crippen molar-refractivity contribution >= 4 is 74.4 Å². The average Bonchev–Trinajstić information content (AvgIpc) is 3.52. The maximum absolute atomic E-state index is 11.9. The number of hydrogen-bond donors (Lipinski definition) is 6. The van der Waals surface area contributed by atoms with Crippen molar-refractivity contribution in [3.8, 4) is 0 Å². The lowest BCUT2D eigenvalue weighted by Crippen LogP contribution is -2.28. The minimum absolute atomic E-state index is 0. The molecule has 0 saturated heterocycles. The third-order valence-corrected chi connectivity index (χ3v) is 7.60. The minimum Gasteiger partial charge on any atom is -0.478 e. The number of para-hydroxylation sites is 3. The van der Waals surface area contributed by atoms with Crippen LogP contribution in [0.1, 0.15) is 121 Å². The average molecular weight is 803 g/mol. The number of esters is 2. The number of carboxylic acids is 1. The number of nitrogens with one attached hydrogen (secondary N) is 2. The lowest BCUT2D eigenvalue weighted by atomic mass is 9.95. The van der Waals surface area contributed by atoms with E-state index >= 15 is 0 Å². The monoisotopic (exact) mass is 802 g/mol. The van der Waals surface area contributed by atoms with Gasteiger partial charge in [0.1, 0.15) is 11.3 Å². The van der Waals surface area contributed by atoms with Gasteiger partial charge in [-0.1, -0.05) is 103 Å². The van der Waals surface area contributed by atoms with Crippen LogP contribution in [0.15, 0.2) is 54.6 Å².